The van der Waals surface area contributed by atoms with E-state index in [2.05, 4.69) is 24.9 Å². The summed E-state index contributed by atoms with van der Waals surface area (Å²) < 4.78 is 0. The van der Waals surface area contributed by atoms with Crippen molar-refractivity contribution in [2.45, 2.75) is 34.1 Å². The first-order valence-electron chi connectivity index (χ1n) is 5.03. The molecule has 0 aromatic carbocycles. The van der Waals surface area contributed by atoms with Gasteiger partial charge < -0.3 is 0 Å². The molecule has 0 aliphatic carbocycles. The Hall–Kier alpha value is -1.07. The maximum absolute atomic E-state index is 8.97. The van der Waals surface area contributed by atoms with E-state index < -0.39 is 0 Å². The van der Waals surface area contributed by atoms with Crippen LogP contribution in [0.2, 0.25) is 5.15 Å². The van der Waals surface area contributed by atoms with Crippen molar-refractivity contribution in [2.75, 3.05) is 0 Å². The lowest BCUT2D eigenvalue weighted by molar-refractivity contribution is 0.639. The molecule has 0 saturated carbocycles. The summed E-state index contributed by atoms with van der Waals surface area (Å²) in [6.07, 6.45) is 0.941. The number of hydrogen-bond acceptors (Lipinski definition) is 2. The number of pyridine rings is 1. The first-order valence-corrected chi connectivity index (χ1v) is 5.40. The summed E-state index contributed by atoms with van der Waals surface area (Å²) in [6, 6.07) is 2.11. The van der Waals surface area contributed by atoms with Crippen LogP contribution < -0.4 is 0 Å². The molecule has 1 heterocycles. The molecule has 0 unspecified atom stereocenters. The third kappa shape index (κ3) is 2.49. The molecule has 1 rings (SSSR count). The Morgan fingerprint density at radius 3 is 2.47 bits per heavy atom. The van der Waals surface area contributed by atoms with E-state index in [1.54, 1.807) is 0 Å². The van der Waals surface area contributed by atoms with Gasteiger partial charge in [0, 0.05) is 5.69 Å². The third-order valence-corrected chi connectivity index (χ3v) is 2.73. The van der Waals surface area contributed by atoms with Gasteiger partial charge in [0.1, 0.15) is 11.2 Å². The minimum Gasteiger partial charge on any atom is -0.240 e. The van der Waals surface area contributed by atoms with E-state index in [0.717, 1.165) is 23.2 Å². The first kappa shape index (κ1) is 12.0. The summed E-state index contributed by atoms with van der Waals surface area (Å²) in [5.41, 5.74) is 3.58. The summed E-state index contributed by atoms with van der Waals surface area (Å²) in [5.74, 6) is 0.553. The molecule has 0 radical (unpaired) electrons. The molecule has 0 aliphatic heterocycles. The monoisotopic (exact) mass is 222 g/mol. The minimum atomic E-state index is 0.319. The highest BCUT2D eigenvalue weighted by atomic mass is 35.5. The Labute approximate surface area is 95.9 Å². The number of hydrogen-bond donors (Lipinski definition) is 0. The molecule has 0 N–H and O–H groups in total. The zero-order chi connectivity index (χ0) is 11.6. The van der Waals surface area contributed by atoms with E-state index in [1.165, 1.54) is 0 Å². The predicted molar refractivity (Wildman–Crippen MR) is 62.0 cm³/mol. The van der Waals surface area contributed by atoms with E-state index >= 15 is 0 Å². The lowest BCUT2D eigenvalue weighted by atomic mass is 9.95. The van der Waals surface area contributed by atoms with E-state index in [0.29, 0.717) is 16.6 Å². The van der Waals surface area contributed by atoms with Crippen molar-refractivity contribution in [3.05, 3.63) is 27.5 Å². The average Bonchev–Trinajstić information content (AvgIpc) is 2.12. The van der Waals surface area contributed by atoms with Crippen LogP contribution in [-0.2, 0) is 6.42 Å². The van der Waals surface area contributed by atoms with Gasteiger partial charge in [-0.3, -0.25) is 0 Å². The molecule has 2 nitrogen and oxygen atoms in total. The lowest BCUT2D eigenvalue weighted by Crippen LogP contribution is -2.04. The molecule has 1 aromatic rings. The molecule has 0 spiro atoms. The fraction of sp³-hybridized carbons (Fsp3) is 0.500. The van der Waals surface area contributed by atoms with Crippen molar-refractivity contribution in [1.29, 1.82) is 5.26 Å². The molecule has 0 amide bonds. The standard InChI is InChI=1S/C12H15ClN2/c1-7(2)5-10-8(3)11(6-14)12(13)15-9(10)4/h7H,5H2,1-4H3. The summed E-state index contributed by atoms with van der Waals surface area (Å²) in [4.78, 5) is 4.20. The largest absolute Gasteiger partial charge is 0.240 e. The summed E-state index contributed by atoms with van der Waals surface area (Å²) in [7, 11) is 0. The van der Waals surface area contributed by atoms with Gasteiger partial charge in [0.15, 0.2) is 0 Å². The first-order chi connectivity index (χ1) is 6.97. The van der Waals surface area contributed by atoms with Gasteiger partial charge in [-0.1, -0.05) is 25.4 Å². The van der Waals surface area contributed by atoms with Gasteiger partial charge >= 0.3 is 0 Å². The third-order valence-electron chi connectivity index (χ3n) is 2.46. The lowest BCUT2D eigenvalue weighted by Gasteiger charge is -2.13. The molecular formula is C12H15ClN2. The number of nitriles is 1. The number of nitrogens with zero attached hydrogens (tertiary/aromatic N) is 2. The van der Waals surface area contributed by atoms with Crippen LogP contribution in [-0.4, -0.2) is 4.98 Å². The average molecular weight is 223 g/mol. The normalized spacial score (nSPS) is 10.5. The van der Waals surface area contributed by atoms with Gasteiger partial charge in [0.25, 0.3) is 0 Å². The summed E-state index contributed by atoms with van der Waals surface area (Å²) >= 11 is 5.91. The van der Waals surface area contributed by atoms with E-state index in [4.69, 9.17) is 16.9 Å². The predicted octanol–water partition coefficient (Wildman–Crippen LogP) is 3.42. The van der Waals surface area contributed by atoms with Crippen molar-refractivity contribution in [1.82, 2.24) is 4.98 Å². The van der Waals surface area contributed by atoms with Crippen LogP contribution in [0.3, 0.4) is 0 Å². The molecule has 3 heteroatoms. The summed E-state index contributed by atoms with van der Waals surface area (Å²) in [5, 5.41) is 9.29. The zero-order valence-electron chi connectivity index (χ0n) is 9.56. The topological polar surface area (TPSA) is 36.7 Å². The Kier molecular flexibility index (Phi) is 3.71. The van der Waals surface area contributed by atoms with Crippen molar-refractivity contribution in [3.8, 4) is 6.07 Å². The molecule has 0 aliphatic rings. The second kappa shape index (κ2) is 4.63. The maximum atomic E-state index is 8.97. The van der Waals surface area contributed by atoms with Crippen LogP contribution >= 0.6 is 11.6 Å². The number of aromatic nitrogens is 1. The fourth-order valence-corrected chi connectivity index (χ4v) is 2.00. The number of halogens is 1. The Balaban J connectivity index is 3.34. The van der Waals surface area contributed by atoms with Crippen LogP contribution in [0.4, 0.5) is 0 Å². The molecule has 1 aromatic heterocycles. The van der Waals surface area contributed by atoms with Crippen LogP contribution in [0.5, 0.6) is 0 Å². The molecular weight excluding hydrogens is 208 g/mol. The fourth-order valence-electron chi connectivity index (χ4n) is 1.69. The van der Waals surface area contributed by atoms with Gasteiger partial charge in [-0.25, -0.2) is 4.98 Å². The SMILES string of the molecule is Cc1nc(Cl)c(C#N)c(C)c1CC(C)C. The van der Waals surface area contributed by atoms with E-state index in [1.807, 2.05) is 13.8 Å². The second-order valence-electron chi connectivity index (χ2n) is 4.18. The van der Waals surface area contributed by atoms with Crippen LogP contribution in [0.15, 0.2) is 0 Å². The zero-order valence-corrected chi connectivity index (χ0v) is 10.3. The highest BCUT2D eigenvalue weighted by Crippen LogP contribution is 2.24. The quantitative estimate of drug-likeness (QED) is 0.719. The van der Waals surface area contributed by atoms with Gasteiger partial charge in [-0.15, -0.1) is 0 Å². The molecule has 0 fully saturated rings. The molecule has 0 bridgehead atoms. The van der Waals surface area contributed by atoms with Crippen molar-refractivity contribution in [2.24, 2.45) is 5.92 Å². The maximum Gasteiger partial charge on any atom is 0.147 e. The number of rotatable bonds is 2. The van der Waals surface area contributed by atoms with E-state index in [-0.39, 0.29) is 0 Å². The van der Waals surface area contributed by atoms with Gasteiger partial charge in [0.05, 0.1) is 5.56 Å². The van der Waals surface area contributed by atoms with E-state index in [9.17, 15) is 0 Å². The molecule has 0 saturated heterocycles. The van der Waals surface area contributed by atoms with Gasteiger partial charge in [-0.2, -0.15) is 5.26 Å². The molecule has 80 valence electrons. The Bertz CT molecular complexity index is 417. The highest BCUT2D eigenvalue weighted by molar-refractivity contribution is 6.30. The number of aryl methyl sites for hydroxylation is 1. The highest BCUT2D eigenvalue weighted by Gasteiger charge is 2.13. The van der Waals surface area contributed by atoms with Gasteiger partial charge in [0.2, 0.25) is 0 Å². The van der Waals surface area contributed by atoms with Crippen LogP contribution in [0, 0.1) is 31.1 Å². The molecule has 15 heavy (non-hydrogen) atoms. The van der Waals surface area contributed by atoms with Crippen LogP contribution in [0.25, 0.3) is 0 Å². The van der Waals surface area contributed by atoms with Crippen molar-refractivity contribution in [3.63, 3.8) is 0 Å². The van der Waals surface area contributed by atoms with Crippen molar-refractivity contribution >= 4 is 11.6 Å². The van der Waals surface area contributed by atoms with Gasteiger partial charge in [-0.05, 0) is 37.3 Å². The second-order valence-corrected chi connectivity index (χ2v) is 4.53. The summed E-state index contributed by atoms with van der Waals surface area (Å²) in [6.45, 7) is 8.19. The Morgan fingerprint density at radius 2 is 2.00 bits per heavy atom. The smallest absolute Gasteiger partial charge is 0.147 e. The minimum absolute atomic E-state index is 0.319. The van der Waals surface area contributed by atoms with Crippen LogP contribution in [0.1, 0.15) is 36.2 Å². The Morgan fingerprint density at radius 1 is 1.40 bits per heavy atom. The molecule has 0 atom stereocenters. The van der Waals surface area contributed by atoms with Crippen molar-refractivity contribution < 1.29 is 0 Å².